The molecule has 0 aromatic carbocycles. The first-order valence-corrected chi connectivity index (χ1v) is 5.65. The van der Waals surface area contributed by atoms with E-state index in [0.29, 0.717) is 10.9 Å². The molecule has 5 heteroatoms. The minimum atomic E-state index is -0.0823. The van der Waals surface area contributed by atoms with Crippen molar-refractivity contribution in [1.29, 1.82) is 0 Å². The van der Waals surface area contributed by atoms with Crippen LogP contribution in [0, 0.1) is 5.41 Å². The Kier molecular flexibility index (Phi) is 4.31. The van der Waals surface area contributed by atoms with Crippen LogP contribution >= 0.6 is 22.9 Å². The number of nitrogens with one attached hydrogen (secondary N) is 1. The molecule has 1 rings (SSSR count). The second-order valence-corrected chi connectivity index (χ2v) is 5.73. The van der Waals surface area contributed by atoms with Gasteiger partial charge in [0, 0.05) is 25.1 Å². The lowest BCUT2D eigenvalue weighted by atomic mass is 9.95. The molecule has 0 spiro atoms. The second kappa shape index (κ2) is 5.07. The van der Waals surface area contributed by atoms with E-state index in [9.17, 15) is 0 Å². The fraction of sp³-hybridized carbons (Fsp3) is 0.667. The molecule has 0 unspecified atom stereocenters. The molecule has 80 valence electrons. The van der Waals surface area contributed by atoms with E-state index in [-0.39, 0.29) is 12.0 Å². The molecular formula is C9H15ClN2OS. The van der Waals surface area contributed by atoms with E-state index in [1.807, 2.05) is 13.8 Å². The van der Waals surface area contributed by atoms with Gasteiger partial charge in [0.15, 0.2) is 0 Å². The quantitative estimate of drug-likeness (QED) is 0.818. The fourth-order valence-electron chi connectivity index (χ4n) is 0.933. The van der Waals surface area contributed by atoms with Crippen LogP contribution in [-0.4, -0.2) is 23.2 Å². The van der Waals surface area contributed by atoms with Crippen LogP contribution < -0.4 is 5.32 Å². The van der Waals surface area contributed by atoms with Crippen molar-refractivity contribution in [3.05, 3.63) is 15.5 Å². The van der Waals surface area contributed by atoms with Crippen molar-refractivity contribution in [3.63, 3.8) is 0 Å². The van der Waals surface area contributed by atoms with Gasteiger partial charge in [0.05, 0.1) is 6.20 Å². The molecular weight excluding hydrogens is 220 g/mol. The minimum Gasteiger partial charge on any atom is -0.396 e. The second-order valence-electron chi connectivity index (χ2n) is 3.98. The van der Waals surface area contributed by atoms with Crippen molar-refractivity contribution in [2.24, 2.45) is 5.41 Å². The number of hydrogen-bond donors (Lipinski definition) is 2. The van der Waals surface area contributed by atoms with Gasteiger partial charge in [-0.05, 0) is 0 Å². The van der Waals surface area contributed by atoms with Gasteiger partial charge >= 0.3 is 0 Å². The third-order valence-electron chi connectivity index (χ3n) is 1.83. The Labute approximate surface area is 93.1 Å². The van der Waals surface area contributed by atoms with Crippen LogP contribution in [-0.2, 0) is 6.54 Å². The van der Waals surface area contributed by atoms with Gasteiger partial charge in [0.25, 0.3) is 0 Å². The van der Waals surface area contributed by atoms with E-state index in [1.54, 1.807) is 6.20 Å². The van der Waals surface area contributed by atoms with Gasteiger partial charge < -0.3 is 10.4 Å². The van der Waals surface area contributed by atoms with Gasteiger partial charge in [-0.2, -0.15) is 0 Å². The maximum absolute atomic E-state index is 9.02. The Balaban J connectivity index is 2.28. The third-order valence-corrected chi connectivity index (χ3v) is 2.95. The maximum Gasteiger partial charge on any atom is 0.113 e. The van der Waals surface area contributed by atoms with Crippen LogP contribution in [0.5, 0.6) is 0 Å². The predicted octanol–water partition coefficient (Wildman–Crippen LogP) is 1.90. The molecule has 0 aliphatic heterocycles. The number of hydrogen-bond acceptors (Lipinski definition) is 4. The van der Waals surface area contributed by atoms with Gasteiger partial charge in [0.2, 0.25) is 0 Å². The number of thiazole rings is 1. The molecule has 1 aromatic heterocycles. The molecule has 0 bridgehead atoms. The first-order valence-electron chi connectivity index (χ1n) is 4.45. The van der Waals surface area contributed by atoms with Crippen LogP contribution in [0.3, 0.4) is 0 Å². The summed E-state index contributed by atoms with van der Waals surface area (Å²) in [6, 6.07) is 0. The van der Waals surface area contributed by atoms with Gasteiger partial charge in [0.1, 0.15) is 9.34 Å². The number of aliphatic hydroxyl groups is 1. The van der Waals surface area contributed by atoms with Crippen molar-refractivity contribution < 1.29 is 5.11 Å². The van der Waals surface area contributed by atoms with Gasteiger partial charge in [-0.25, -0.2) is 4.98 Å². The summed E-state index contributed by atoms with van der Waals surface area (Å²) in [4.78, 5) is 4.12. The summed E-state index contributed by atoms with van der Waals surface area (Å²) >= 11 is 7.22. The molecule has 0 amide bonds. The molecule has 0 saturated heterocycles. The largest absolute Gasteiger partial charge is 0.396 e. The molecule has 2 N–H and O–H groups in total. The van der Waals surface area contributed by atoms with Crippen LogP contribution in [0.15, 0.2) is 6.20 Å². The first kappa shape index (κ1) is 11.9. The molecule has 0 fully saturated rings. The van der Waals surface area contributed by atoms with Gasteiger partial charge in [-0.3, -0.25) is 0 Å². The molecule has 3 nitrogen and oxygen atoms in total. The van der Waals surface area contributed by atoms with Crippen molar-refractivity contribution >= 4 is 22.9 Å². The van der Waals surface area contributed by atoms with Crippen molar-refractivity contribution in [2.45, 2.75) is 20.4 Å². The molecule has 0 aliphatic carbocycles. The smallest absolute Gasteiger partial charge is 0.113 e. The standard InChI is InChI=1S/C9H15ClN2OS/c1-9(2,6-13)5-11-4-8-12-3-7(10)14-8/h3,11,13H,4-6H2,1-2H3. The van der Waals surface area contributed by atoms with Crippen molar-refractivity contribution in [3.8, 4) is 0 Å². The molecule has 0 saturated carbocycles. The zero-order valence-electron chi connectivity index (χ0n) is 8.38. The Morgan fingerprint density at radius 3 is 2.86 bits per heavy atom. The summed E-state index contributed by atoms with van der Waals surface area (Å²) in [5.41, 5.74) is -0.0823. The topological polar surface area (TPSA) is 45.1 Å². The molecule has 1 heterocycles. The highest BCUT2D eigenvalue weighted by atomic mass is 35.5. The summed E-state index contributed by atoms with van der Waals surface area (Å²) in [5, 5.41) is 13.2. The molecule has 14 heavy (non-hydrogen) atoms. The summed E-state index contributed by atoms with van der Waals surface area (Å²) < 4.78 is 0.711. The lowest BCUT2D eigenvalue weighted by molar-refractivity contribution is 0.156. The number of aliphatic hydroxyl groups excluding tert-OH is 1. The predicted molar refractivity (Wildman–Crippen MR) is 59.7 cm³/mol. The number of aromatic nitrogens is 1. The van der Waals surface area contributed by atoms with Crippen LogP contribution in [0.4, 0.5) is 0 Å². The third kappa shape index (κ3) is 3.92. The normalized spacial score (nSPS) is 12.0. The zero-order chi connectivity index (χ0) is 10.6. The Morgan fingerprint density at radius 2 is 2.36 bits per heavy atom. The minimum absolute atomic E-state index is 0.0823. The maximum atomic E-state index is 9.02. The highest BCUT2D eigenvalue weighted by Crippen LogP contribution is 2.18. The lowest BCUT2D eigenvalue weighted by Gasteiger charge is -2.21. The van der Waals surface area contributed by atoms with Gasteiger partial charge in [-0.15, -0.1) is 11.3 Å². The SMILES string of the molecule is CC(C)(CO)CNCc1ncc(Cl)s1. The first-order chi connectivity index (χ1) is 6.53. The van der Waals surface area contributed by atoms with Crippen LogP contribution in [0.1, 0.15) is 18.9 Å². The summed E-state index contributed by atoms with van der Waals surface area (Å²) in [6.07, 6.45) is 1.65. The van der Waals surface area contributed by atoms with E-state index in [2.05, 4.69) is 10.3 Å². The Hall–Kier alpha value is -0.160. The number of halogens is 1. The summed E-state index contributed by atoms with van der Waals surface area (Å²) in [6.45, 7) is 5.67. The number of nitrogens with zero attached hydrogens (tertiary/aromatic N) is 1. The average Bonchev–Trinajstić information content (AvgIpc) is 2.51. The molecule has 0 radical (unpaired) electrons. The van der Waals surface area contributed by atoms with E-state index < -0.39 is 0 Å². The van der Waals surface area contributed by atoms with Crippen LogP contribution in [0.25, 0.3) is 0 Å². The highest BCUT2D eigenvalue weighted by molar-refractivity contribution is 7.15. The fourth-order valence-corrected chi connectivity index (χ4v) is 1.86. The molecule has 1 aromatic rings. The van der Waals surface area contributed by atoms with Crippen molar-refractivity contribution in [2.75, 3.05) is 13.2 Å². The van der Waals surface area contributed by atoms with E-state index in [1.165, 1.54) is 11.3 Å². The van der Waals surface area contributed by atoms with Crippen molar-refractivity contribution in [1.82, 2.24) is 10.3 Å². The summed E-state index contributed by atoms with van der Waals surface area (Å²) in [7, 11) is 0. The Morgan fingerprint density at radius 1 is 1.64 bits per heavy atom. The number of rotatable bonds is 5. The lowest BCUT2D eigenvalue weighted by Crippen LogP contribution is -2.31. The Bertz CT molecular complexity index is 288. The van der Waals surface area contributed by atoms with Crippen LogP contribution in [0.2, 0.25) is 4.34 Å². The molecule has 0 aliphatic rings. The summed E-state index contributed by atoms with van der Waals surface area (Å²) in [5.74, 6) is 0. The van der Waals surface area contributed by atoms with Gasteiger partial charge in [-0.1, -0.05) is 25.4 Å². The molecule has 0 atom stereocenters. The van der Waals surface area contributed by atoms with E-state index >= 15 is 0 Å². The van der Waals surface area contributed by atoms with E-state index in [4.69, 9.17) is 16.7 Å². The monoisotopic (exact) mass is 234 g/mol. The zero-order valence-corrected chi connectivity index (χ0v) is 9.95. The average molecular weight is 235 g/mol. The van der Waals surface area contributed by atoms with E-state index in [0.717, 1.165) is 11.6 Å². The highest BCUT2D eigenvalue weighted by Gasteiger charge is 2.15.